The summed E-state index contributed by atoms with van der Waals surface area (Å²) >= 11 is 0. The third-order valence-electron chi connectivity index (χ3n) is 4.82. The number of halogens is 3. The summed E-state index contributed by atoms with van der Waals surface area (Å²) in [6.07, 6.45) is -1.72. The minimum atomic E-state index is -4.16. The Labute approximate surface area is 110 Å². The zero-order chi connectivity index (χ0) is 14.3. The number of piperidine rings is 1. The summed E-state index contributed by atoms with van der Waals surface area (Å²) in [6.45, 7) is 2.28. The normalized spacial score (nSPS) is 28.9. The average molecular weight is 279 g/mol. The van der Waals surface area contributed by atoms with Gasteiger partial charge in [-0.25, -0.2) is 0 Å². The van der Waals surface area contributed by atoms with Gasteiger partial charge in [0.2, 0.25) is 0 Å². The Morgan fingerprint density at radius 1 is 1.47 bits per heavy atom. The van der Waals surface area contributed by atoms with Crippen LogP contribution in [0.3, 0.4) is 0 Å². The van der Waals surface area contributed by atoms with Crippen LogP contribution in [0.4, 0.5) is 13.2 Å². The molecular formula is C13H20F3NO2. The maximum atomic E-state index is 13.1. The fraction of sp³-hybridized carbons (Fsp3) is 0.923. The minimum Gasteiger partial charge on any atom is -0.480 e. The molecule has 1 heterocycles. The highest BCUT2D eigenvalue weighted by Gasteiger charge is 2.58. The summed E-state index contributed by atoms with van der Waals surface area (Å²) in [4.78, 5) is 12.9. The quantitative estimate of drug-likeness (QED) is 0.863. The zero-order valence-corrected chi connectivity index (χ0v) is 11.0. The topological polar surface area (TPSA) is 40.5 Å². The van der Waals surface area contributed by atoms with Crippen molar-refractivity contribution in [1.29, 1.82) is 0 Å². The first-order valence-corrected chi connectivity index (χ1v) is 6.84. The van der Waals surface area contributed by atoms with Gasteiger partial charge >= 0.3 is 12.1 Å². The molecule has 2 fully saturated rings. The van der Waals surface area contributed by atoms with Crippen LogP contribution in [0.1, 0.15) is 39.0 Å². The Morgan fingerprint density at radius 3 is 2.47 bits per heavy atom. The van der Waals surface area contributed by atoms with Crippen LogP contribution in [-0.2, 0) is 4.79 Å². The van der Waals surface area contributed by atoms with E-state index in [0.29, 0.717) is 19.3 Å². The highest BCUT2D eigenvalue weighted by molar-refractivity contribution is 5.73. The van der Waals surface area contributed by atoms with E-state index in [9.17, 15) is 18.0 Å². The molecule has 3 nitrogen and oxygen atoms in total. The largest absolute Gasteiger partial charge is 0.480 e. The van der Waals surface area contributed by atoms with Gasteiger partial charge in [-0.1, -0.05) is 13.3 Å². The second-order valence-corrected chi connectivity index (χ2v) is 5.83. The Balaban J connectivity index is 2.14. The predicted octanol–water partition coefficient (Wildman–Crippen LogP) is 2.90. The van der Waals surface area contributed by atoms with Crippen LogP contribution in [0.15, 0.2) is 0 Å². The first kappa shape index (κ1) is 14.6. The summed E-state index contributed by atoms with van der Waals surface area (Å²) in [7, 11) is 0. The Hall–Kier alpha value is -0.780. The Morgan fingerprint density at radius 2 is 2.11 bits per heavy atom. The molecule has 1 aliphatic carbocycles. The van der Waals surface area contributed by atoms with Gasteiger partial charge in [-0.3, -0.25) is 9.69 Å². The molecule has 1 spiro atoms. The highest BCUT2D eigenvalue weighted by Crippen LogP contribution is 2.56. The van der Waals surface area contributed by atoms with Crippen LogP contribution in [0.2, 0.25) is 0 Å². The van der Waals surface area contributed by atoms with Gasteiger partial charge < -0.3 is 5.11 Å². The molecule has 1 saturated heterocycles. The summed E-state index contributed by atoms with van der Waals surface area (Å²) in [5.74, 6) is -2.18. The molecule has 2 rings (SSSR count). The number of rotatable bonds is 3. The SMILES string of the molecule is CCC(C(=O)O)N1CCC(C(F)(F)F)C2(CCC2)C1. The van der Waals surface area contributed by atoms with E-state index in [1.165, 1.54) is 0 Å². The van der Waals surface area contributed by atoms with E-state index in [-0.39, 0.29) is 19.5 Å². The molecule has 0 bridgehead atoms. The number of alkyl halides is 3. The van der Waals surface area contributed by atoms with Gasteiger partial charge in [0, 0.05) is 6.54 Å². The van der Waals surface area contributed by atoms with Crippen molar-refractivity contribution in [2.24, 2.45) is 11.3 Å². The van der Waals surface area contributed by atoms with E-state index in [2.05, 4.69) is 0 Å². The van der Waals surface area contributed by atoms with Crippen molar-refractivity contribution in [3.63, 3.8) is 0 Å². The van der Waals surface area contributed by atoms with Crippen LogP contribution >= 0.6 is 0 Å². The number of aliphatic carboxylic acids is 1. The van der Waals surface area contributed by atoms with E-state index in [1.54, 1.807) is 11.8 Å². The standard InChI is InChI=1S/C13H20F3NO2/c1-2-9(11(18)19)17-7-4-10(13(14,15)16)12(8-17)5-3-6-12/h9-10H,2-8H2,1H3,(H,18,19). The molecular weight excluding hydrogens is 259 g/mol. The fourth-order valence-electron chi connectivity index (χ4n) is 3.70. The van der Waals surface area contributed by atoms with Gasteiger partial charge in [0.1, 0.15) is 6.04 Å². The van der Waals surface area contributed by atoms with Gasteiger partial charge in [-0.15, -0.1) is 0 Å². The third kappa shape index (κ3) is 2.59. The molecule has 2 aliphatic rings. The number of hydrogen-bond donors (Lipinski definition) is 1. The lowest BCUT2D eigenvalue weighted by atomic mass is 9.58. The highest BCUT2D eigenvalue weighted by atomic mass is 19.4. The predicted molar refractivity (Wildman–Crippen MR) is 63.7 cm³/mol. The van der Waals surface area contributed by atoms with E-state index >= 15 is 0 Å². The molecule has 19 heavy (non-hydrogen) atoms. The number of nitrogens with zero attached hydrogens (tertiary/aromatic N) is 1. The summed E-state index contributed by atoms with van der Waals surface area (Å²) in [5.41, 5.74) is -0.723. The van der Waals surface area contributed by atoms with Gasteiger partial charge in [0.05, 0.1) is 5.92 Å². The minimum absolute atomic E-state index is 0.0350. The van der Waals surface area contributed by atoms with E-state index in [0.717, 1.165) is 6.42 Å². The lowest BCUT2D eigenvalue weighted by Gasteiger charge is -2.55. The molecule has 0 aromatic rings. The summed E-state index contributed by atoms with van der Waals surface area (Å²) in [5, 5.41) is 9.15. The molecule has 1 aliphatic heterocycles. The molecule has 1 saturated carbocycles. The van der Waals surface area contributed by atoms with E-state index in [1.807, 2.05) is 0 Å². The van der Waals surface area contributed by atoms with Crippen molar-refractivity contribution in [1.82, 2.24) is 4.90 Å². The second-order valence-electron chi connectivity index (χ2n) is 5.83. The van der Waals surface area contributed by atoms with Crippen molar-refractivity contribution in [3.8, 4) is 0 Å². The number of carboxylic acids is 1. The van der Waals surface area contributed by atoms with Crippen LogP contribution in [0, 0.1) is 11.3 Å². The smallest absolute Gasteiger partial charge is 0.392 e. The van der Waals surface area contributed by atoms with Crippen LogP contribution in [-0.4, -0.2) is 41.3 Å². The maximum Gasteiger partial charge on any atom is 0.392 e. The van der Waals surface area contributed by atoms with Gasteiger partial charge in [0.25, 0.3) is 0 Å². The fourth-order valence-corrected chi connectivity index (χ4v) is 3.70. The number of carboxylic acid groups (broad SMARTS) is 1. The lowest BCUT2D eigenvalue weighted by molar-refractivity contribution is -0.240. The molecule has 0 radical (unpaired) electrons. The molecule has 0 amide bonds. The molecule has 6 heteroatoms. The van der Waals surface area contributed by atoms with Gasteiger partial charge in [-0.05, 0) is 37.6 Å². The summed E-state index contributed by atoms with van der Waals surface area (Å²) < 4.78 is 39.3. The number of carbonyl (C=O) groups is 1. The first-order valence-electron chi connectivity index (χ1n) is 6.84. The first-order chi connectivity index (χ1) is 8.80. The number of hydrogen-bond acceptors (Lipinski definition) is 2. The summed E-state index contributed by atoms with van der Waals surface area (Å²) in [6, 6.07) is -0.647. The van der Waals surface area contributed by atoms with Gasteiger partial charge in [-0.2, -0.15) is 13.2 Å². The van der Waals surface area contributed by atoms with Crippen molar-refractivity contribution in [3.05, 3.63) is 0 Å². The van der Waals surface area contributed by atoms with Crippen molar-refractivity contribution >= 4 is 5.97 Å². The average Bonchev–Trinajstić information content (AvgIpc) is 2.25. The van der Waals surface area contributed by atoms with Crippen molar-refractivity contribution in [2.45, 2.75) is 51.2 Å². The Bertz CT molecular complexity index is 352. The molecule has 110 valence electrons. The lowest BCUT2D eigenvalue weighted by Crippen LogP contribution is -2.59. The molecule has 1 N–H and O–H groups in total. The molecule has 2 atom stereocenters. The number of likely N-dealkylation sites (tertiary alicyclic amines) is 1. The second kappa shape index (κ2) is 4.96. The molecule has 2 unspecified atom stereocenters. The van der Waals surface area contributed by atoms with Crippen molar-refractivity contribution < 1.29 is 23.1 Å². The van der Waals surface area contributed by atoms with E-state index in [4.69, 9.17) is 5.11 Å². The molecule has 0 aromatic heterocycles. The third-order valence-corrected chi connectivity index (χ3v) is 4.82. The maximum absolute atomic E-state index is 13.1. The van der Waals surface area contributed by atoms with Crippen LogP contribution < -0.4 is 0 Å². The van der Waals surface area contributed by atoms with E-state index < -0.39 is 29.5 Å². The van der Waals surface area contributed by atoms with Crippen LogP contribution in [0.25, 0.3) is 0 Å². The Kier molecular flexibility index (Phi) is 3.82. The van der Waals surface area contributed by atoms with Crippen molar-refractivity contribution in [2.75, 3.05) is 13.1 Å². The zero-order valence-electron chi connectivity index (χ0n) is 11.0. The molecule has 0 aromatic carbocycles. The van der Waals surface area contributed by atoms with Gasteiger partial charge in [0.15, 0.2) is 0 Å². The monoisotopic (exact) mass is 279 g/mol. The van der Waals surface area contributed by atoms with Crippen LogP contribution in [0.5, 0.6) is 0 Å².